The van der Waals surface area contributed by atoms with Crippen LogP contribution in [0.3, 0.4) is 0 Å². The first-order valence-electron chi connectivity index (χ1n) is 8.31. The molecule has 0 atom stereocenters. The van der Waals surface area contributed by atoms with Crippen LogP contribution in [0.5, 0.6) is 0 Å². The molecule has 0 bridgehead atoms. The van der Waals surface area contributed by atoms with Crippen LogP contribution in [0.4, 0.5) is 5.69 Å². The Labute approximate surface area is 151 Å². The van der Waals surface area contributed by atoms with Crippen molar-refractivity contribution < 1.29 is 19.1 Å². The van der Waals surface area contributed by atoms with Gasteiger partial charge in [-0.15, -0.1) is 0 Å². The molecule has 2 N–H and O–H groups in total. The number of hydrogen-bond acceptors (Lipinski definition) is 6. The highest BCUT2D eigenvalue weighted by Crippen LogP contribution is 2.22. The first-order chi connectivity index (χ1) is 12.7. The van der Waals surface area contributed by atoms with Gasteiger partial charge >= 0.3 is 5.97 Å². The largest absolute Gasteiger partial charge is 0.455 e. The minimum absolute atomic E-state index is 0.0231. The Hall–Kier alpha value is -3.12. The first-order valence-corrected chi connectivity index (χ1v) is 8.31. The lowest BCUT2D eigenvalue weighted by molar-refractivity contribution is 0.0468. The van der Waals surface area contributed by atoms with Crippen molar-refractivity contribution >= 4 is 11.7 Å². The highest BCUT2D eigenvalue weighted by Gasteiger charge is 2.16. The zero-order valence-corrected chi connectivity index (χ0v) is 14.4. The quantitative estimate of drug-likeness (QED) is 0.634. The van der Waals surface area contributed by atoms with Crippen molar-refractivity contribution in [1.82, 2.24) is 4.98 Å². The third-order valence-electron chi connectivity index (χ3n) is 3.83. The number of nitrogens with zero attached hydrogens (tertiary/aromatic N) is 1. The molecule has 0 amide bonds. The molecule has 0 saturated heterocycles. The number of anilines is 1. The molecule has 1 heterocycles. The fraction of sp³-hybridized carbons (Fsp3) is 0.200. The van der Waals surface area contributed by atoms with Gasteiger partial charge in [-0.2, -0.15) is 0 Å². The first kappa shape index (κ1) is 17.7. The summed E-state index contributed by atoms with van der Waals surface area (Å²) in [5.74, 6) is 0.650. The smallest absolute Gasteiger partial charge is 0.340 e. The normalized spacial score (nSPS) is 10.5. The number of nitrogens with one attached hydrogen (secondary N) is 1. The zero-order chi connectivity index (χ0) is 18.4. The summed E-state index contributed by atoms with van der Waals surface area (Å²) in [5, 5.41) is 11.9. The monoisotopic (exact) mass is 352 g/mol. The van der Waals surface area contributed by atoms with Crippen molar-refractivity contribution in [3.05, 3.63) is 71.6 Å². The number of oxazole rings is 1. The van der Waals surface area contributed by atoms with Gasteiger partial charge in [-0.05, 0) is 31.2 Å². The van der Waals surface area contributed by atoms with Crippen LogP contribution in [0.25, 0.3) is 11.5 Å². The molecule has 0 fully saturated rings. The van der Waals surface area contributed by atoms with Gasteiger partial charge in [0.25, 0.3) is 0 Å². The van der Waals surface area contributed by atoms with Gasteiger partial charge in [0.05, 0.1) is 12.2 Å². The molecular weight excluding hydrogens is 332 g/mol. The zero-order valence-electron chi connectivity index (χ0n) is 14.4. The Bertz CT molecular complexity index is 875. The lowest BCUT2D eigenvalue weighted by Crippen LogP contribution is -2.12. The van der Waals surface area contributed by atoms with Crippen LogP contribution >= 0.6 is 0 Å². The maximum Gasteiger partial charge on any atom is 0.340 e. The van der Waals surface area contributed by atoms with Gasteiger partial charge in [-0.1, -0.05) is 30.3 Å². The number of aliphatic hydroxyl groups excluding tert-OH is 1. The van der Waals surface area contributed by atoms with Crippen LogP contribution in [0, 0.1) is 6.92 Å². The van der Waals surface area contributed by atoms with Gasteiger partial charge in [-0.3, -0.25) is 0 Å². The fourth-order valence-electron chi connectivity index (χ4n) is 2.48. The fourth-order valence-corrected chi connectivity index (χ4v) is 2.48. The van der Waals surface area contributed by atoms with E-state index in [1.165, 1.54) is 0 Å². The number of aromatic nitrogens is 1. The van der Waals surface area contributed by atoms with E-state index in [1.54, 1.807) is 25.1 Å². The number of carbonyl (C=O) groups excluding carboxylic acids is 1. The maximum atomic E-state index is 12.4. The summed E-state index contributed by atoms with van der Waals surface area (Å²) in [6, 6.07) is 16.6. The average Bonchev–Trinajstić information content (AvgIpc) is 3.06. The number of benzene rings is 2. The summed E-state index contributed by atoms with van der Waals surface area (Å²) in [6.45, 7) is 2.14. The molecule has 0 spiro atoms. The molecule has 2 aromatic carbocycles. The second-order valence-electron chi connectivity index (χ2n) is 5.66. The molecule has 1 aromatic heterocycles. The van der Waals surface area contributed by atoms with Gasteiger partial charge in [-0.25, -0.2) is 9.78 Å². The summed E-state index contributed by atoms with van der Waals surface area (Å²) >= 11 is 0. The van der Waals surface area contributed by atoms with Crippen LogP contribution in [-0.2, 0) is 11.3 Å². The van der Waals surface area contributed by atoms with E-state index in [4.69, 9.17) is 14.3 Å². The topological polar surface area (TPSA) is 84.6 Å². The second-order valence-corrected chi connectivity index (χ2v) is 5.66. The molecule has 3 rings (SSSR count). The molecule has 6 nitrogen and oxygen atoms in total. The molecule has 3 aromatic rings. The Kier molecular flexibility index (Phi) is 5.66. The summed E-state index contributed by atoms with van der Waals surface area (Å²) in [7, 11) is 0. The van der Waals surface area contributed by atoms with E-state index >= 15 is 0 Å². The number of para-hydroxylation sites is 1. The highest BCUT2D eigenvalue weighted by atomic mass is 16.5. The second kappa shape index (κ2) is 8.31. The SMILES string of the molecule is Cc1oc(-c2ccccc2)nc1COC(=O)c1ccccc1NCCO. The Morgan fingerprint density at radius 1 is 1.15 bits per heavy atom. The molecule has 26 heavy (non-hydrogen) atoms. The number of aliphatic hydroxyl groups is 1. The van der Waals surface area contributed by atoms with E-state index in [-0.39, 0.29) is 13.2 Å². The van der Waals surface area contributed by atoms with E-state index < -0.39 is 5.97 Å². The lowest BCUT2D eigenvalue weighted by Gasteiger charge is -2.10. The van der Waals surface area contributed by atoms with Crippen LogP contribution in [0.15, 0.2) is 59.0 Å². The molecule has 0 aliphatic carbocycles. The third kappa shape index (κ3) is 4.10. The van der Waals surface area contributed by atoms with Crippen molar-refractivity contribution in [3.63, 3.8) is 0 Å². The van der Waals surface area contributed by atoms with Crippen molar-refractivity contribution in [2.75, 3.05) is 18.5 Å². The van der Waals surface area contributed by atoms with Crippen LogP contribution in [0.1, 0.15) is 21.8 Å². The number of hydrogen-bond donors (Lipinski definition) is 2. The van der Waals surface area contributed by atoms with Crippen LogP contribution in [-0.4, -0.2) is 29.2 Å². The molecule has 6 heteroatoms. The number of carbonyl (C=O) groups is 1. The maximum absolute atomic E-state index is 12.4. The lowest BCUT2D eigenvalue weighted by atomic mass is 10.2. The molecule has 0 radical (unpaired) electrons. The van der Waals surface area contributed by atoms with E-state index in [1.807, 2.05) is 36.4 Å². The summed E-state index contributed by atoms with van der Waals surface area (Å²) < 4.78 is 11.1. The Balaban J connectivity index is 1.70. The van der Waals surface area contributed by atoms with Gasteiger partial charge in [0, 0.05) is 17.8 Å². The van der Waals surface area contributed by atoms with E-state index in [0.717, 1.165) is 5.56 Å². The Morgan fingerprint density at radius 3 is 2.65 bits per heavy atom. The summed E-state index contributed by atoms with van der Waals surface area (Å²) in [5.41, 5.74) is 2.48. The van der Waals surface area contributed by atoms with Crippen molar-refractivity contribution in [2.24, 2.45) is 0 Å². The summed E-state index contributed by atoms with van der Waals surface area (Å²) in [6.07, 6.45) is 0. The molecule has 134 valence electrons. The number of ether oxygens (including phenoxy) is 1. The molecule has 0 aliphatic heterocycles. The molecular formula is C20H20N2O4. The average molecular weight is 352 g/mol. The summed E-state index contributed by atoms with van der Waals surface area (Å²) in [4.78, 5) is 16.8. The molecule has 0 aliphatic rings. The van der Waals surface area contributed by atoms with Crippen molar-refractivity contribution in [3.8, 4) is 11.5 Å². The minimum atomic E-state index is -0.463. The molecule has 0 saturated carbocycles. The highest BCUT2D eigenvalue weighted by molar-refractivity contribution is 5.95. The van der Waals surface area contributed by atoms with Gasteiger partial charge in [0.1, 0.15) is 18.1 Å². The van der Waals surface area contributed by atoms with E-state index in [0.29, 0.717) is 35.1 Å². The van der Waals surface area contributed by atoms with Gasteiger partial charge in [0.2, 0.25) is 5.89 Å². The van der Waals surface area contributed by atoms with Gasteiger partial charge in [0.15, 0.2) is 0 Å². The van der Waals surface area contributed by atoms with Crippen molar-refractivity contribution in [1.29, 1.82) is 0 Å². The van der Waals surface area contributed by atoms with Crippen LogP contribution < -0.4 is 5.32 Å². The Morgan fingerprint density at radius 2 is 1.88 bits per heavy atom. The number of aryl methyl sites for hydroxylation is 1. The third-order valence-corrected chi connectivity index (χ3v) is 3.83. The van der Waals surface area contributed by atoms with E-state index in [2.05, 4.69) is 10.3 Å². The number of esters is 1. The van der Waals surface area contributed by atoms with Crippen LogP contribution in [0.2, 0.25) is 0 Å². The predicted molar refractivity (Wildman–Crippen MR) is 97.8 cm³/mol. The van der Waals surface area contributed by atoms with Gasteiger partial charge < -0.3 is 19.6 Å². The molecule has 0 unspecified atom stereocenters. The van der Waals surface area contributed by atoms with E-state index in [9.17, 15) is 4.79 Å². The van der Waals surface area contributed by atoms with Crippen molar-refractivity contribution in [2.45, 2.75) is 13.5 Å². The number of rotatable bonds is 7. The minimum Gasteiger partial charge on any atom is -0.455 e. The standard InChI is InChI=1S/C20H20N2O4/c1-14-18(22-19(26-14)15-7-3-2-4-8-15)13-25-20(24)16-9-5-6-10-17(16)21-11-12-23/h2-10,21,23H,11-13H2,1H3. The predicted octanol–water partition coefficient (Wildman–Crippen LogP) is 3.41.